The van der Waals surface area contributed by atoms with Gasteiger partial charge in [0.15, 0.2) is 0 Å². The molecule has 24 heavy (non-hydrogen) atoms. The number of imidazole rings is 1. The van der Waals surface area contributed by atoms with E-state index in [0.29, 0.717) is 5.82 Å². The second-order valence-electron chi connectivity index (χ2n) is 5.82. The zero-order valence-electron chi connectivity index (χ0n) is 13.6. The second-order valence-corrected chi connectivity index (χ2v) is 5.82. The van der Waals surface area contributed by atoms with Crippen molar-refractivity contribution in [2.24, 2.45) is 7.05 Å². The maximum absolute atomic E-state index is 6.02. The maximum Gasteiger partial charge on any atom is 0.145 e. The molecular weight excluding hydrogens is 298 g/mol. The van der Waals surface area contributed by atoms with Crippen LogP contribution in [-0.2, 0) is 7.05 Å². The summed E-state index contributed by atoms with van der Waals surface area (Å²) in [5.74, 6) is 0.458. The number of hydrogen-bond acceptors (Lipinski definition) is 4. The van der Waals surface area contributed by atoms with Gasteiger partial charge in [0.1, 0.15) is 5.82 Å². The van der Waals surface area contributed by atoms with Gasteiger partial charge < -0.3 is 10.3 Å². The predicted octanol–water partition coefficient (Wildman–Crippen LogP) is 3.59. The molecule has 2 aromatic heterocycles. The summed E-state index contributed by atoms with van der Waals surface area (Å²) in [4.78, 5) is 13.7. The van der Waals surface area contributed by atoms with Crippen LogP contribution in [0.2, 0.25) is 0 Å². The van der Waals surface area contributed by atoms with Gasteiger partial charge in [0.25, 0.3) is 0 Å². The zero-order chi connectivity index (χ0) is 16.7. The van der Waals surface area contributed by atoms with Crippen molar-refractivity contribution in [3.8, 4) is 22.5 Å². The highest BCUT2D eigenvalue weighted by molar-refractivity contribution is 5.86. The number of aryl methyl sites for hydroxylation is 2. The van der Waals surface area contributed by atoms with Crippen LogP contribution >= 0.6 is 0 Å². The summed E-state index contributed by atoms with van der Waals surface area (Å²) in [6, 6.07) is 16.1. The maximum atomic E-state index is 6.02. The van der Waals surface area contributed by atoms with Gasteiger partial charge >= 0.3 is 0 Å². The SMILES string of the molecule is Cc1nc(-c2ccc3ncn(C)c3c2)c(-c2ccccc2)nc1N. The molecule has 5 nitrogen and oxygen atoms in total. The quantitative estimate of drug-likeness (QED) is 0.614. The molecule has 0 fully saturated rings. The molecule has 0 spiro atoms. The molecule has 0 saturated carbocycles. The Kier molecular flexibility index (Phi) is 3.27. The molecule has 0 atom stereocenters. The van der Waals surface area contributed by atoms with Crippen molar-refractivity contribution in [1.29, 1.82) is 0 Å². The molecule has 0 aliphatic rings. The number of nitrogens with zero attached hydrogens (tertiary/aromatic N) is 4. The molecule has 118 valence electrons. The highest BCUT2D eigenvalue weighted by Gasteiger charge is 2.14. The van der Waals surface area contributed by atoms with E-state index in [1.165, 1.54) is 0 Å². The number of rotatable bonds is 2. The number of nitrogen functional groups attached to an aromatic ring is 1. The minimum atomic E-state index is 0.458. The van der Waals surface area contributed by atoms with Crippen molar-refractivity contribution in [2.45, 2.75) is 6.92 Å². The lowest BCUT2D eigenvalue weighted by molar-refractivity contribution is 0.947. The number of fused-ring (bicyclic) bond motifs is 1. The van der Waals surface area contributed by atoms with Gasteiger partial charge in [-0.05, 0) is 19.1 Å². The Bertz CT molecular complexity index is 1030. The Hall–Kier alpha value is -3.21. The average molecular weight is 315 g/mol. The predicted molar refractivity (Wildman–Crippen MR) is 96.3 cm³/mol. The molecule has 0 bridgehead atoms. The first-order valence-corrected chi connectivity index (χ1v) is 7.74. The smallest absolute Gasteiger partial charge is 0.145 e. The van der Waals surface area contributed by atoms with Gasteiger partial charge in [-0.25, -0.2) is 15.0 Å². The van der Waals surface area contributed by atoms with Crippen molar-refractivity contribution < 1.29 is 0 Å². The van der Waals surface area contributed by atoms with Crippen molar-refractivity contribution >= 4 is 16.9 Å². The first-order valence-electron chi connectivity index (χ1n) is 7.74. The Morgan fingerprint density at radius 3 is 2.46 bits per heavy atom. The lowest BCUT2D eigenvalue weighted by Gasteiger charge is -2.11. The van der Waals surface area contributed by atoms with Crippen molar-refractivity contribution in [3.05, 3.63) is 60.6 Å². The van der Waals surface area contributed by atoms with Crippen LogP contribution in [-0.4, -0.2) is 19.5 Å². The van der Waals surface area contributed by atoms with E-state index < -0.39 is 0 Å². The van der Waals surface area contributed by atoms with Crippen LogP contribution in [0, 0.1) is 6.92 Å². The van der Waals surface area contributed by atoms with Gasteiger partial charge in [0.05, 0.1) is 34.4 Å². The zero-order valence-corrected chi connectivity index (χ0v) is 13.6. The fourth-order valence-electron chi connectivity index (χ4n) is 2.80. The highest BCUT2D eigenvalue weighted by Crippen LogP contribution is 2.31. The fourth-order valence-corrected chi connectivity index (χ4v) is 2.80. The molecule has 0 aliphatic carbocycles. The summed E-state index contributed by atoms with van der Waals surface area (Å²) >= 11 is 0. The van der Waals surface area contributed by atoms with Crippen LogP contribution < -0.4 is 5.73 Å². The van der Waals surface area contributed by atoms with E-state index in [-0.39, 0.29) is 0 Å². The van der Waals surface area contributed by atoms with E-state index >= 15 is 0 Å². The third-order valence-electron chi connectivity index (χ3n) is 4.15. The van der Waals surface area contributed by atoms with Crippen molar-refractivity contribution in [1.82, 2.24) is 19.5 Å². The lowest BCUT2D eigenvalue weighted by Crippen LogP contribution is -2.02. The van der Waals surface area contributed by atoms with E-state index in [2.05, 4.69) is 16.0 Å². The standard InChI is InChI=1S/C19H17N5/c1-12-19(20)23-17(13-6-4-3-5-7-13)18(22-12)14-8-9-15-16(10-14)24(2)11-21-15/h3-11H,1-2H3,(H2,20,23). The Labute approximate surface area is 139 Å². The monoisotopic (exact) mass is 315 g/mol. The second kappa shape index (κ2) is 5.45. The Balaban J connectivity index is 1.99. The number of nitrogens with two attached hydrogens (primary N) is 1. The molecule has 4 rings (SSSR count). The topological polar surface area (TPSA) is 69.6 Å². The molecule has 0 unspecified atom stereocenters. The van der Waals surface area contributed by atoms with E-state index in [0.717, 1.165) is 39.2 Å². The first-order chi connectivity index (χ1) is 11.6. The summed E-state index contributed by atoms with van der Waals surface area (Å²) in [6.45, 7) is 1.88. The van der Waals surface area contributed by atoms with Crippen molar-refractivity contribution in [2.75, 3.05) is 5.73 Å². The van der Waals surface area contributed by atoms with Gasteiger partial charge in [-0.2, -0.15) is 0 Å². The summed E-state index contributed by atoms with van der Waals surface area (Å²) in [5, 5.41) is 0. The van der Waals surface area contributed by atoms with Crippen LogP contribution in [0.4, 0.5) is 5.82 Å². The Morgan fingerprint density at radius 2 is 1.67 bits per heavy atom. The minimum absolute atomic E-state index is 0.458. The van der Waals surface area contributed by atoms with E-state index in [1.54, 1.807) is 0 Å². The molecule has 0 aliphatic heterocycles. The number of anilines is 1. The molecule has 2 heterocycles. The summed E-state index contributed by atoms with van der Waals surface area (Å²) < 4.78 is 2.00. The average Bonchev–Trinajstić information content (AvgIpc) is 2.98. The summed E-state index contributed by atoms with van der Waals surface area (Å²) in [6.07, 6.45) is 1.81. The van der Waals surface area contributed by atoms with Crippen molar-refractivity contribution in [3.63, 3.8) is 0 Å². The van der Waals surface area contributed by atoms with Gasteiger partial charge in [-0.3, -0.25) is 0 Å². The van der Waals surface area contributed by atoms with Gasteiger partial charge in [0.2, 0.25) is 0 Å². The molecule has 2 aromatic carbocycles. The number of benzene rings is 2. The summed E-state index contributed by atoms with van der Waals surface area (Å²) in [5.41, 5.74) is 12.4. The van der Waals surface area contributed by atoms with Crippen LogP contribution in [0.3, 0.4) is 0 Å². The van der Waals surface area contributed by atoms with E-state index in [4.69, 9.17) is 10.7 Å². The van der Waals surface area contributed by atoms with E-state index in [9.17, 15) is 0 Å². The van der Waals surface area contributed by atoms with Gasteiger partial charge in [-0.1, -0.05) is 36.4 Å². The first kappa shape index (κ1) is 14.4. The molecule has 4 aromatic rings. The number of hydrogen-bond donors (Lipinski definition) is 1. The van der Waals surface area contributed by atoms with Crippen LogP contribution in [0.25, 0.3) is 33.5 Å². The molecule has 0 amide bonds. The molecule has 2 N–H and O–H groups in total. The lowest BCUT2D eigenvalue weighted by atomic mass is 10.0. The largest absolute Gasteiger partial charge is 0.382 e. The third-order valence-corrected chi connectivity index (χ3v) is 4.15. The van der Waals surface area contributed by atoms with Gasteiger partial charge in [0, 0.05) is 18.2 Å². The van der Waals surface area contributed by atoms with Crippen LogP contribution in [0.1, 0.15) is 5.69 Å². The molecular formula is C19H17N5. The molecule has 0 saturated heterocycles. The highest BCUT2D eigenvalue weighted by atomic mass is 15.0. The van der Waals surface area contributed by atoms with Crippen LogP contribution in [0.15, 0.2) is 54.9 Å². The molecule has 5 heteroatoms. The molecule has 0 radical (unpaired) electrons. The van der Waals surface area contributed by atoms with Crippen LogP contribution in [0.5, 0.6) is 0 Å². The Morgan fingerprint density at radius 1 is 0.917 bits per heavy atom. The van der Waals surface area contributed by atoms with E-state index in [1.807, 2.05) is 67.3 Å². The summed E-state index contributed by atoms with van der Waals surface area (Å²) in [7, 11) is 1.98. The fraction of sp³-hybridized carbons (Fsp3) is 0.105. The van der Waals surface area contributed by atoms with Gasteiger partial charge in [-0.15, -0.1) is 0 Å². The minimum Gasteiger partial charge on any atom is -0.382 e. The number of aromatic nitrogens is 4. The normalized spacial score (nSPS) is 11.1. The third kappa shape index (κ3) is 2.31.